The lowest BCUT2D eigenvalue weighted by Crippen LogP contribution is -2.07. The summed E-state index contributed by atoms with van der Waals surface area (Å²) >= 11 is 6.00. The Morgan fingerprint density at radius 1 is 0.875 bits per heavy atom. The first kappa shape index (κ1) is 19.9. The summed E-state index contributed by atoms with van der Waals surface area (Å²) in [5.41, 5.74) is 3.39. The molecule has 7 heteroatoms. The third-order valence-corrected chi connectivity index (χ3v) is 5.14. The Morgan fingerprint density at radius 3 is 2.44 bits per heavy atom. The van der Waals surface area contributed by atoms with Crippen molar-refractivity contribution in [1.82, 2.24) is 15.2 Å². The van der Waals surface area contributed by atoms with Crippen molar-refractivity contribution in [3.05, 3.63) is 101 Å². The Morgan fingerprint density at radius 2 is 1.62 bits per heavy atom. The highest BCUT2D eigenvalue weighted by molar-refractivity contribution is 6.30. The smallest absolute Gasteiger partial charge is 0.339 e. The first-order valence-electron chi connectivity index (χ1n) is 9.88. The van der Waals surface area contributed by atoms with E-state index in [9.17, 15) is 4.79 Å². The van der Waals surface area contributed by atoms with Gasteiger partial charge in [0.1, 0.15) is 0 Å². The first-order chi connectivity index (χ1) is 15.7. The molecule has 3 aromatic carbocycles. The molecule has 0 bridgehead atoms. The van der Waals surface area contributed by atoms with E-state index in [1.807, 2.05) is 66.7 Å². The van der Waals surface area contributed by atoms with Crippen LogP contribution in [-0.2, 0) is 11.3 Å². The number of hydrogen-bond donors (Lipinski definition) is 0. The molecule has 0 unspecified atom stereocenters. The number of pyridine rings is 1. The van der Waals surface area contributed by atoms with Gasteiger partial charge < -0.3 is 9.15 Å². The number of ether oxygens (including phenoxy) is 1. The maximum Gasteiger partial charge on any atom is 0.339 e. The Hall–Kier alpha value is -4.03. The molecule has 0 saturated heterocycles. The van der Waals surface area contributed by atoms with Crippen LogP contribution in [0.3, 0.4) is 0 Å². The molecule has 0 saturated carbocycles. The molecule has 2 heterocycles. The van der Waals surface area contributed by atoms with E-state index in [-0.39, 0.29) is 12.5 Å². The Labute approximate surface area is 188 Å². The van der Waals surface area contributed by atoms with E-state index >= 15 is 0 Å². The van der Waals surface area contributed by atoms with Gasteiger partial charge in [-0.25, -0.2) is 9.78 Å². The number of para-hydroxylation sites is 1. The summed E-state index contributed by atoms with van der Waals surface area (Å²) in [6.07, 6.45) is 0. The van der Waals surface area contributed by atoms with Crippen LogP contribution in [-0.4, -0.2) is 21.2 Å². The van der Waals surface area contributed by atoms with E-state index in [4.69, 9.17) is 20.8 Å². The van der Waals surface area contributed by atoms with Crippen molar-refractivity contribution in [2.75, 3.05) is 0 Å². The minimum Gasteiger partial charge on any atom is -0.452 e. The van der Waals surface area contributed by atoms with Crippen LogP contribution in [0.15, 0.2) is 89.3 Å². The highest BCUT2D eigenvalue weighted by Gasteiger charge is 2.17. The van der Waals surface area contributed by atoms with E-state index in [1.165, 1.54) is 0 Å². The number of hydrogen-bond acceptors (Lipinski definition) is 6. The maximum atomic E-state index is 13.0. The number of esters is 1. The van der Waals surface area contributed by atoms with E-state index in [0.29, 0.717) is 33.1 Å². The zero-order valence-corrected chi connectivity index (χ0v) is 17.5. The van der Waals surface area contributed by atoms with Crippen LogP contribution in [0.5, 0.6) is 0 Å². The summed E-state index contributed by atoms with van der Waals surface area (Å²) in [5, 5.41) is 9.32. The molecule has 0 aliphatic carbocycles. The first-order valence-corrected chi connectivity index (χ1v) is 10.3. The van der Waals surface area contributed by atoms with Crippen LogP contribution in [0.2, 0.25) is 5.02 Å². The van der Waals surface area contributed by atoms with Crippen LogP contribution in [0.1, 0.15) is 16.2 Å². The number of halogens is 1. The van der Waals surface area contributed by atoms with Crippen molar-refractivity contribution in [3.8, 4) is 22.7 Å². The van der Waals surface area contributed by atoms with Crippen LogP contribution in [0.25, 0.3) is 33.6 Å². The molecular formula is C25H16ClN3O3. The van der Waals surface area contributed by atoms with E-state index in [1.54, 1.807) is 18.2 Å². The van der Waals surface area contributed by atoms with Crippen molar-refractivity contribution in [2.45, 2.75) is 6.61 Å². The topological polar surface area (TPSA) is 78.1 Å². The number of benzene rings is 3. The monoisotopic (exact) mass is 441 g/mol. The molecule has 5 aromatic rings. The van der Waals surface area contributed by atoms with Gasteiger partial charge in [0.05, 0.1) is 16.8 Å². The van der Waals surface area contributed by atoms with E-state index < -0.39 is 5.97 Å². The SMILES string of the molecule is O=C(OCc1nnc(-c2ccccc2)o1)c1cc(-c2ccc(Cl)cc2)nc2ccccc12. The normalized spacial score (nSPS) is 10.9. The van der Waals surface area contributed by atoms with Crippen molar-refractivity contribution in [3.63, 3.8) is 0 Å². The zero-order chi connectivity index (χ0) is 21.9. The van der Waals surface area contributed by atoms with Gasteiger partial charge in [-0.1, -0.05) is 60.1 Å². The minimum absolute atomic E-state index is 0.133. The third kappa shape index (κ3) is 4.08. The van der Waals surface area contributed by atoms with Gasteiger partial charge in [-0.15, -0.1) is 10.2 Å². The molecule has 32 heavy (non-hydrogen) atoms. The molecule has 0 fully saturated rings. The summed E-state index contributed by atoms with van der Waals surface area (Å²) in [6, 6.07) is 25.8. The molecule has 156 valence electrons. The lowest BCUT2D eigenvalue weighted by molar-refractivity contribution is 0.0441. The average molecular weight is 442 g/mol. The second kappa shape index (κ2) is 8.61. The number of aromatic nitrogens is 3. The molecule has 0 amide bonds. The van der Waals surface area contributed by atoms with Gasteiger partial charge in [-0.3, -0.25) is 0 Å². The van der Waals surface area contributed by atoms with Crippen LogP contribution in [0, 0.1) is 0 Å². The number of nitrogens with zero attached hydrogens (tertiary/aromatic N) is 3. The molecule has 0 radical (unpaired) electrons. The Kier molecular flexibility index (Phi) is 5.35. The summed E-state index contributed by atoms with van der Waals surface area (Å²) in [6.45, 7) is -0.133. The van der Waals surface area contributed by atoms with Gasteiger partial charge in [0.15, 0.2) is 6.61 Å². The fourth-order valence-corrected chi connectivity index (χ4v) is 3.45. The predicted molar refractivity (Wildman–Crippen MR) is 121 cm³/mol. The molecule has 6 nitrogen and oxygen atoms in total. The van der Waals surface area contributed by atoms with Gasteiger partial charge in [0.25, 0.3) is 5.89 Å². The van der Waals surface area contributed by atoms with Gasteiger partial charge >= 0.3 is 5.97 Å². The maximum absolute atomic E-state index is 13.0. The molecule has 0 N–H and O–H groups in total. The molecular weight excluding hydrogens is 426 g/mol. The van der Waals surface area contributed by atoms with Crippen molar-refractivity contribution < 1.29 is 13.9 Å². The second-order valence-electron chi connectivity index (χ2n) is 7.02. The lowest BCUT2D eigenvalue weighted by Gasteiger charge is -2.09. The van der Waals surface area contributed by atoms with Crippen LogP contribution < -0.4 is 0 Å². The highest BCUT2D eigenvalue weighted by atomic mass is 35.5. The molecule has 0 atom stereocenters. The molecule has 0 spiro atoms. The third-order valence-electron chi connectivity index (χ3n) is 4.89. The van der Waals surface area contributed by atoms with Crippen LogP contribution in [0.4, 0.5) is 0 Å². The zero-order valence-electron chi connectivity index (χ0n) is 16.7. The fourth-order valence-electron chi connectivity index (χ4n) is 3.33. The second-order valence-corrected chi connectivity index (χ2v) is 7.46. The summed E-state index contributed by atoms with van der Waals surface area (Å²) in [4.78, 5) is 17.7. The van der Waals surface area contributed by atoms with Crippen molar-refractivity contribution in [1.29, 1.82) is 0 Å². The van der Waals surface area contributed by atoms with E-state index in [2.05, 4.69) is 15.2 Å². The Balaban J connectivity index is 1.42. The summed E-state index contributed by atoms with van der Waals surface area (Å²) < 4.78 is 11.1. The number of rotatable bonds is 5. The van der Waals surface area contributed by atoms with Crippen molar-refractivity contribution >= 4 is 28.5 Å². The average Bonchev–Trinajstić information content (AvgIpc) is 3.32. The predicted octanol–water partition coefficient (Wildman–Crippen LogP) is 5.96. The summed E-state index contributed by atoms with van der Waals surface area (Å²) in [7, 11) is 0. The fraction of sp³-hybridized carbons (Fsp3) is 0.0400. The highest BCUT2D eigenvalue weighted by Crippen LogP contribution is 2.27. The summed E-state index contributed by atoms with van der Waals surface area (Å²) in [5.74, 6) is 0.0859. The van der Waals surface area contributed by atoms with Gasteiger partial charge in [0, 0.05) is 21.5 Å². The number of carbonyl (C=O) groups excluding carboxylic acids is 1. The van der Waals surface area contributed by atoms with Crippen molar-refractivity contribution in [2.24, 2.45) is 0 Å². The number of carbonyl (C=O) groups is 1. The Bertz CT molecular complexity index is 1400. The molecule has 0 aliphatic heterocycles. The van der Waals surface area contributed by atoms with Crippen LogP contribution >= 0.6 is 11.6 Å². The van der Waals surface area contributed by atoms with Gasteiger partial charge in [-0.05, 0) is 36.4 Å². The molecule has 2 aromatic heterocycles. The quantitative estimate of drug-likeness (QED) is 0.313. The minimum atomic E-state index is -0.502. The van der Waals surface area contributed by atoms with Gasteiger partial charge in [-0.2, -0.15) is 0 Å². The van der Waals surface area contributed by atoms with E-state index in [0.717, 1.165) is 11.1 Å². The molecule has 5 rings (SSSR count). The standard InChI is InChI=1S/C25H16ClN3O3/c26-18-12-10-16(11-13-18)22-14-20(19-8-4-5-9-21(19)27-22)25(30)31-15-23-28-29-24(32-23)17-6-2-1-3-7-17/h1-14H,15H2. The molecule has 0 aliphatic rings. The largest absolute Gasteiger partial charge is 0.452 e. The van der Waals surface area contributed by atoms with Gasteiger partial charge in [0.2, 0.25) is 5.89 Å². The number of fused-ring (bicyclic) bond motifs is 1. The lowest BCUT2D eigenvalue weighted by atomic mass is 10.0.